The second-order valence-corrected chi connectivity index (χ2v) is 5.58. The minimum Gasteiger partial charge on any atom is -0.370 e. The van der Waals surface area contributed by atoms with E-state index in [1.807, 2.05) is 37.1 Å². The Morgan fingerprint density at radius 1 is 1.38 bits per heavy atom. The van der Waals surface area contributed by atoms with E-state index in [9.17, 15) is 0 Å². The van der Waals surface area contributed by atoms with Crippen LogP contribution in [0, 0.1) is 0 Å². The van der Waals surface area contributed by atoms with Gasteiger partial charge in [-0.1, -0.05) is 0 Å². The van der Waals surface area contributed by atoms with Crippen molar-refractivity contribution in [1.29, 1.82) is 0 Å². The van der Waals surface area contributed by atoms with Crippen molar-refractivity contribution < 1.29 is 0 Å². The van der Waals surface area contributed by atoms with E-state index in [1.165, 1.54) is 12.8 Å². The summed E-state index contributed by atoms with van der Waals surface area (Å²) in [5.41, 5.74) is 0. The molecule has 2 aromatic heterocycles. The van der Waals surface area contributed by atoms with Gasteiger partial charge in [0.05, 0.1) is 6.54 Å². The Morgan fingerprint density at radius 3 is 2.81 bits per heavy atom. The lowest BCUT2D eigenvalue weighted by Gasteiger charge is -2.19. The van der Waals surface area contributed by atoms with E-state index in [2.05, 4.69) is 27.1 Å². The average molecular weight is 286 g/mol. The third kappa shape index (κ3) is 3.15. The van der Waals surface area contributed by atoms with E-state index in [0.717, 1.165) is 36.4 Å². The fourth-order valence-electron chi connectivity index (χ4n) is 2.29. The van der Waals surface area contributed by atoms with Gasteiger partial charge in [0.1, 0.15) is 23.3 Å². The van der Waals surface area contributed by atoms with Crippen LogP contribution in [0.3, 0.4) is 0 Å². The molecule has 0 unspecified atom stereocenters. The molecule has 0 atom stereocenters. The van der Waals surface area contributed by atoms with Gasteiger partial charge in [-0.2, -0.15) is 0 Å². The molecule has 0 aliphatic heterocycles. The van der Waals surface area contributed by atoms with Crippen molar-refractivity contribution in [3.63, 3.8) is 0 Å². The zero-order valence-electron chi connectivity index (χ0n) is 12.9. The molecule has 1 N–H and O–H groups in total. The maximum Gasteiger partial charge on any atom is 0.136 e. The first kappa shape index (κ1) is 13.9. The fraction of sp³-hybridized carbons (Fsp3) is 0.533. The first-order valence-electron chi connectivity index (χ1n) is 7.47. The van der Waals surface area contributed by atoms with Crippen molar-refractivity contribution in [3.8, 4) is 0 Å². The maximum absolute atomic E-state index is 4.73. The van der Waals surface area contributed by atoms with Crippen molar-refractivity contribution in [1.82, 2.24) is 19.5 Å². The Balaban J connectivity index is 1.83. The molecule has 1 aliphatic carbocycles. The van der Waals surface area contributed by atoms with Crippen LogP contribution in [-0.4, -0.2) is 33.1 Å². The van der Waals surface area contributed by atoms with Gasteiger partial charge in [0.25, 0.3) is 0 Å². The Hall–Kier alpha value is -2.11. The molecular formula is C15H22N6. The van der Waals surface area contributed by atoms with E-state index >= 15 is 0 Å². The lowest BCUT2D eigenvalue weighted by molar-refractivity contribution is 0.750. The third-order valence-electron chi connectivity index (χ3n) is 3.72. The molecule has 112 valence electrons. The van der Waals surface area contributed by atoms with E-state index < -0.39 is 0 Å². The summed E-state index contributed by atoms with van der Waals surface area (Å²) in [6.45, 7) is 3.68. The van der Waals surface area contributed by atoms with Crippen LogP contribution < -0.4 is 10.2 Å². The number of hydrogen-bond acceptors (Lipinski definition) is 5. The summed E-state index contributed by atoms with van der Waals surface area (Å²) in [4.78, 5) is 15.8. The van der Waals surface area contributed by atoms with E-state index in [1.54, 1.807) is 0 Å². The largest absolute Gasteiger partial charge is 0.370 e. The molecular weight excluding hydrogens is 264 g/mol. The molecule has 1 fully saturated rings. The van der Waals surface area contributed by atoms with Crippen LogP contribution in [0.25, 0.3) is 0 Å². The summed E-state index contributed by atoms with van der Waals surface area (Å²) in [6, 6.07) is 2.01. The maximum atomic E-state index is 4.73. The van der Waals surface area contributed by atoms with Crippen LogP contribution in [0.2, 0.25) is 0 Å². The van der Waals surface area contributed by atoms with E-state index in [-0.39, 0.29) is 0 Å². The minimum absolute atomic E-state index is 0.545. The molecule has 21 heavy (non-hydrogen) atoms. The van der Waals surface area contributed by atoms with Gasteiger partial charge in [-0.15, -0.1) is 0 Å². The van der Waals surface area contributed by atoms with Crippen molar-refractivity contribution in [2.75, 3.05) is 23.8 Å². The van der Waals surface area contributed by atoms with Crippen molar-refractivity contribution >= 4 is 11.6 Å². The predicted octanol–water partition coefficient (Wildman–Crippen LogP) is 2.16. The van der Waals surface area contributed by atoms with Gasteiger partial charge in [0, 0.05) is 45.0 Å². The summed E-state index contributed by atoms with van der Waals surface area (Å²) in [5, 5.41) is 3.30. The molecule has 0 spiro atoms. The van der Waals surface area contributed by atoms with Crippen molar-refractivity contribution in [2.45, 2.75) is 32.2 Å². The van der Waals surface area contributed by atoms with Gasteiger partial charge in [0.15, 0.2) is 0 Å². The Bertz CT molecular complexity index is 616. The highest BCUT2D eigenvalue weighted by molar-refractivity contribution is 5.49. The third-order valence-corrected chi connectivity index (χ3v) is 3.72. The topological polar surface area (TPSA) is 58.9 Å². The molecule has 6 nitrogen and oxygen atoms in total. The number of hydrogen-bond donors (Lipinski definition) is 1. The second-order valence-electron chi connectivity index (χ2n) is 5.58. The SMILES string of the molecule is CCNc1cc(N(C)Cc2nccn2C)nc(C2CC2)n1. The Kier molecular flexibility index (Phi) is 3.77. The monoisotopic (exact) mass is 286 g/mol. The van der Waals surface area contributed by atoms with Crippen molar-refractivity contribution in [3.05, 3.63) is 30.1 Å². The van der Waals surface area contributed by atoms with Crippen LogP contribution in [0.4, 0.5) is 11.6 Å². The number of aryl methyl sites for hydroxylation is 1. The minimum atomic E-state index is 0.545. The number of nitrogens with zero attached hydrogens (tertiary/aromatic N) is 5. The number of anilines is 2. The molecule has 3 rings (SSSR count). The number of aromatic nitrogens is 4. The highest BCUT2D eigenvalue weighted by Gasteiger charge is 2.27. The summed E-state index contributed by atoms with van der Waals surface area (Å²) < 4.78 is 2.03. The zero-order chi connectivity index (χ0) is 14.8. The fourth-order valence-corrected chi connectivity index (χ4v) is 2.29. The molecule has 6 heteroatoms. The molecule has 2 heterocycles. The summed E-state index contributed by atoms with van der Waals surface area (Å²) in [6.07, 6.45) is 6.20. The van der Waals surface area contributed by atoms with E-state index in [4.69, 9.17) is 4.98 Å². The summed E-state index contributed by atoms with van der Waals surface area (Å²) in [7, 11) is 4.05. The number of nitrogens with one attached hydrogen (secondary N) is 1. The smallest absolute Gasteiger partial charge is 0.136 e. The molecule has 0 radical (unpaired) electrons. The highest BCUT2D eigenvalue weighted by atomic mass is 15.2. The molecule has 0 saturated heterocycles. The predicted molar refractivity (Wildman–Crippen MR) is 83.5 cm³/mol. The molecule has 0 amide bonds. The Morgan fingerprint density at radius 2 is 2.19 bits per heavy atom. The van der Waals surface area contributed by atoms with Gasteiger partial charge < -0.3 is 14.8 Å². The van der Waals surface area contributed by atoms with Crippen LogP contribution in [0.15, 0.2) is 18.5 Å². The van der Waals surface area contributed by atoms with Crippen LogP contribution in [0.1, 0.15) is 37.3 Å². The molecule has 1 aliphatic rings. The van der Waals surface area contributed by atoms with Crippen molar-refractivity contribution in [2.24, 2.45) is 7.05 Å². The quantitative estimate of drug-likeness (QED) is 0.882. The lowest BCUT2D eigenvalue weighted by Crippen LogP contribution is -2.21. The number of imidazole rings is 1. The molecule has 1 saturated carbocycles. The van der Waals surface area contributed by atoms with Gasteiger partial charge >= 0.3 is 0 Å². The highest BCUT2D eigenvalue weighted by Crippen LogP contribution is 2.39. The second kappa shape index (κ2) is 5.71. The van der Waals surface area contributed by atoms with Gasteiger partial charge in [0.2, 0.25) is 0 Å². The van der Waals surface area contributed by atoms with Crippen LogP contribution in [0.5, 0.6) is 0 Å². The molecule has 0 bridgehead atoms. The van der Waals surface area contributed by atoms with Crippen LogP contribution in [-0.2, 0) is 13.6 Å². The summed E-state index contributed by atoms with van der Waals surface area (Å²) >= 11 is 0. The normalized spacial score (nSPS) is 14.2. The number of rotatable bonds is 6. The standard InChI is InChI=1S/C15H22N6/c1-4-16-12-9-13(19-15(18-12)11-5-6-11)21(3)10-14-17-7-8-20(14)2/h7-9,11H,4-6,10H2,1-3H3,(H,16,18,19). The van der Waals surface area contributed by atoms with Gasteiger partial charge in [-0.3, -0.25) is 0 Å². The first-order chi connectivity index (χ1) is 10.2. The molecule has 2 aromatic rings. The van der Waals surface area contributed by atoms with Crippen LogP contribution >= 0.6 is 0 Å². The Labute approximate surface area is 125 Å². The zero-order valence-corrected chi connectivity index (χ0v) is 12.9. The van der Waals surface area contributed by atoms with E-state index in [0.29, 0.717) is 5.92 Å². The van der Waals surface area contributed by atoms with Gasteiger partial charge in [-0.05, 0) is 19.8 Å². The average Bonchev–Trinajstić information content (AvgIpc) is 3.24. The summed E-state index contributed by atoms with van der Waals surface area (Å²) in [5.74, 6) is 4.40. The molecule has 0 aromatic carbocycles. The lowest BCUT2D eigenvalue weighted by atomic mass is 10.3. The first-order valence-corrected chi connectivity index (χ1v) is 7.47. The van der Waals surface area contributed by atoms with Gasteiger partial charge in [-0.25, -0.2) is 15.0 Å².